The van der Waals surface area contributed by atoms with Gasteiger partial charge in [-0.1, -0.05) is 44.0 Å². The molecule has 6 heteroatoms. The smallest absolute Gasteiger partial charge is 0.333 e. The van der Waals surface area contributed by atoms with Crippen molar-refractivity contribution in [3.05, 3.63) is 88.2 Å². The highest BCUT2D eigenvalue weighted by Crippen LogP contribution is 2.49. The van der Waals surface area contributed by atoms with Crippen molar-refractivity contribution in [3.63, 3.8) is 0 Å². The van der Waals surface area contributed by atoms with Crippen molar-refractivity contribution in [1.82, 2.24) is 4.98 Å². The summed E-state index contributed by atoms with van der Waals surface area (Å²) in [5.74, 6) is 0.594. The number of aryl methyl sites for hydroxylation is 1. The van der Waals surface area contributed by atoms with Gasteiger partial charge in [0.2, 0.25) is 6.79 Å². The number of carboxylic acids is 1. The van der Waals surface area contributed by atoms with Crippen molar-refractivity contribution in [2.24, 2.45) is 0 Å². The zero-order valence-corrected chi connectivity index (χ0v) is 19.3. The molecule has 1 aromatic heterocycles. The number of carbonyl (C=O) groups is 1. The molecule has 2 aliphatic rings. The molecule has 34 heavy (non-hydrogen) atoms. The molecule has 0 fully saturated rings. The fourth-order valence-electron chi connectivity index (χ4n) is 4.79. The highest BCUT2D eigenvalue weighted by molar-refractivity contribution is 6.06. The summed E-state index contributed by atoms with van der Waals surface area (Å²) >= 11 is 0. The Labute approximate surface area is 198 Å². The molecule has 0 bridgehead atoms. The summed E-state index contributed by atoms with van der Waals surface area (Å²) in [5.41, 5.74) is 5.23. The van der Waals surface area contributed by atoms with Gasteiger partial charge in [-0.3, -0.25) is 4.98 Å². The summed E-state index contributed by atoms with van der Waals surface area (Å²) in [6.45, 7) is 2.34. The third-order valence-electron chi connectivity index (χ3n) is 6.47. The van der Waals surface area contributed by atoms with E-state index < -0.39 is 11.9 Å². The number of methoxy groups -OCH3 is 1. The first-order chi connectivity index (χ1) is 16.6. The zero-order valence-electron chi connectivity index (χ0n) is 19.3. The third kappa shape index (κ3) is 3.89. The van der Waals surface area contributed by atoms with Crippen LogP contribution in [0.25, 0.3) is 5.57 Å². The average molecular weight is 458 g/mol. The number of nitrogens with zero attached hydrogens (tertiary/aromatic N) is 1. The monoisotopic (exact) mass is 457 g/mol. The first-order valence-electron chi connectivity index (χ1n) is 11.6. The van der Waals surface area contributed by atoms with Gasteiger partial charge >= 0.3 is 5.97 Å². The molecule has 1 aliphatic carbocycles. The van der Waals surface area contributed by atoms with Crippen LogP contribution in [0.3, 0.4) is 0 Å². The Hall–Kier alpha value is -3.80. The van der Waals surface area contributed by atoms with Gasteiger partial charge in [0.1, 0.15) is 5.75 Å². The largest absolute Gasteiger partial charge is 0.497 e. The standard InChI is InChI=1S/C28H27NO5/c1-3-4-5-6-19-10-13-21-24(18-9-14-22-23(15-18)34-16-33-22)26(28(30)31)25(27(21)29-19)17-7-11-20(32-2)12-8-17/h7-15,24H,3-6,16H2,1-2H3,(H,30,31)/t24-/m0/s1. The van der Waals surface area contributed by atoms with Crippen LogP contribution < -0.4 is 14.2 Å². The van der Waals surface area contributed by atoms with E-state index in [9.17, 15) is 9.90 Å². The minimum atomic E-state index is -0.959. The lowest BCUT2D eigenvalue weighted by Gasteiger charge is -2.15. The second-order valence-corrected chi connectivity index (χ2v) is 8.57. The van der Waals surface area contributed by atoms with Crippen LogP contribution in [0, 0.1) is 0 Å². The lowest BCUT2D eigenvalue weighted by Crippen LogP contribution is -2.10. The average Bonchev–Trinajstić information content (AvgIpc) is 3.46. The topological polar surface area (TPSA) is 77.9 Å². The van der Waals surface area contributed by atoms with Crippen LogP contribution in [0.4, 0.5) is 0 Å². The van der Waals surface area contributed by atoms with Crippen LogP contribution in [-0.4, -0.2) is 30.0 Å². The Bertz CT molecular complexity index is 1260. The number of aliphatic carboxylic acids is 1. The van der Waals surface area contributed by atoms with Crippen molar-refractivity contribution in [1.29, 1.82) is 0 Å². The van der Waals surface area contributed by atoms with Crippen molar-refractivity contribution in [2.45, 2.75) is 38.5 Å². The van der Waals surface area contributed by atoms with Crippen LogP contribution in [0.15, 0.2) is 60.2 Å². The fourth-order valence-corrected chi connectivity index (χ4v) is 4.79. The molecule has 0 saturated carbocycles. The van der Waals surface area contributed by atoms with E-state index in [0.29, 0.717) is 28.4 Å². The second-order valence-electron chi connectivity index (χ2n) is 8.57. The minimum Gasteiger partial charge on any atom is -0.497 e. The van der Waals surface area contributed by atoms with Gasteiger partial charge in [0, 0.05) is 17.2 Å². The molecule has 0 unspecified atom stereocenters. The molecule has 6 nitrogen and oxygen atoms in total. The van der Waals surface area contributed by atoms with Gasteiger partial charge in [0.05, 0.1) is 18.4 Å². The summed E-state index contributed by atoms with van der Waals surface area (Å²) in [6.07, 6.45) is 4.20. The summed E-state index contributed by atoms with van der Waals surface area (Å²) in [4.78, 5) is 17.7. The summed E-state index contributed by atoms with van der Waals surface area (Å²) in [7, 11) is 1.61. The predicted molar refractivity (Wildman–Crippen MR) is 129 cm³/mol. The van der Waals surface area contributed by atoms with E-state index >= 15 is 0 Å². The van der Waals surface area contributed by atoms with Crippen LogP contribution in [-0.2, 0) is 11.2 Å². The first-order valence-corrected chi connectivity index (χ1v) is 11.6. The van der Waals surface area contributed by atoms with Crippen LogP contribution in [0.1, 0.15) is 60.2 Å². The van der Waals surface area contributed by atoms with E-state index in [1.165, 1.54) is 0 Å². The van der Waals surface area contributed by atoms with E-state index in [4.69, 9.17) is 19.2 Å². The highest BCUT2D eigenvalue weighted by Gasteiger charge is 2.38. The van der Waals surface area contributed by atoms with Gasteiger partial charge < -0.3 is 19.3 Å². The lowest BCUT2D eigenvalue weighted by molar-refractivity contribution is -0.132. The zero-order chi connectivity index (χ0) is 23.7. The van der Waals surface area contributed by atoms with Crippen molar-refractivity contribution in [2.75, 3.05) is 13.9 Å². The molecule has 1 N–H and O–H groups in total. The van der Waals surface area contributed by atoms with E-state index in [1.54, 1.807) is 7.11 Å². The molecule has 3 aromatic rings. The van der Waals surface area contributed by atoms with Crippen LogP contribution >= 0.6 is 0 Å². The quantitative estimate of drug-likeness (QED) is 0.445. The predicted octanol–water partition coefficient (Wildman–Crippen LogP) is 5.58. The van der Waals surface area contributed by atoms with Gasteiger partial charge in [-0.05, 0) is 59.9 Å². The van der Waals surface area contributed by atoms with Gasteiger partial charge in [-0.25, -0.2) is 4.79 Å². The van der Waals surface area contributed by atoms with E-state index in [0.717, 1.165) is 53.8 Å². The van der Waals surface area contributed by atoms with Crippen molar-refractivity contribution >= 4 is 11.5 Å². The number of fused-ring (bicyclic) bond motifs is 2. The Morgan fingerprint density at radius 1 is 1.06 bits per heavy atom. The Kier molecular flexibility index (Phi) is 5.97. The molecular formula is C28H27NO5. The number of ether oxygens (including phenoxy) is 3. The van der Waals surface area contributed by atoms with E-state index in [1.807, 2.05) is 54.6 Å². The fraction of sp³-hybridized carbons (Fsp3) is 0.286. The molecule has 174 valence electrons. The number of hydrogen-bond donors (Lipinski definition) is 1. The first kappa shape index (κ1) is 22.0. The van der Waals surface area contributed by atoms with Crippen LogP contribution in [0.5, 0.6) is 17.2 Å². The highest BCUT2D eigenvalue weighted by atomic mass is 16.7. The molecule has 1 aliphatic heterocycles. The third-order valence-corrected chi connectivity index (χ3v) is 6.47. The number of hydrogen-bond acceptors (Lipinski definition) is 5. The number of benzene rings is 2. The van der Waals surface area contributed by atoms with Gasteiger partial charge in [0.15, 0.2) is 11.5 Å². The normalized spacial score (nSPS) is 16.0. The molecule has 0 radical (unpaired) electrons. The molecular weight excluding hydrogens is 430 g/mol. The van der Waals surface area contributed by atoms with Gasteiger partial charge in [-0.2, -0.15) is 0 Å². The number of aromatic nitrogens is 1. The summed E-state index contributed by atoms with van der Waals surface area (Å²) in [6, 6.07) is 17.2. The Morgan fingerprint density at radius 3 is 2.59 bits per heavy atom. The molecule has 0 amide bonds. The van der Waals surface area contributed by atoms with Crippen molar-refractivity contribution in [3.8, 4) is 17.2 Å². The molecule has 0 spiro atoms. The van der Waals surface area contributed by atoms with Crippen LogP contribution in [0.2, 0.25) is 0 Å². The lowest BCUT2D eigenvalue weighted by atomic mass is 9.88. The SMILES string of the molecule is CCCCCc1ccc2c(n1)C(c1ccc(OC)cc1)=C(C(=O)O)[C@H]2c1ccc2c(c1)OCO2. The molecule has 2 heterocycles. The molecule has 1 atom stereocenters. The number of rotatable bonds is 8. The maximum Gasteiger partial charge on any atom is 0.333 e. The Balaban J connectivity index is 1.68. The van der Waals surface area contributed by atoms with Crippen molar-refractivity contribution < 1.29 is 24.1 Å². The summed E-state index contributed by atoms with van der Waals surface area (Å²) < 4.78 is 16.3. The maximum atomic E-state index is 12.7. The minimum absolute atomic E-state index is 0.168. The molecule has 0 saturated heterocycles. The second kappa shape index (κ2) is 9.21. The molecule has 2 aromatic carbocycles. The maximum absolute atomic E-state index is 12.7. The van der Waals surface area contributed by atoms with E-state index in [2.05, 4.69) is 6.92 Å². The Morgan fingerprint density at radius 2 is 1.85 bits per heavy atom. The summed E-state index contributed by atoms with van der Waals surface area (Å²) in [5, 5.41) is 10.4. The number of carboxylic acid groups (broad SMARTS) is 1. The number of pyridine rings is 1. The number of unbranched alkanes of at least 4 members (excludes halogenated alkanes) is 2. The molecule has 5 rings (SSSR count). The van der Waals surface area contributed by atoms with Gasteiger partial charge in [0.25, 0.3) is 0 Å². The van der Waals surface area contributed by atoms with E-state index in [-0.39, 0.29) is 6.79 Å². The van der Waals surface area contributed by atoms with Gasteiger partial charge in [-0.15, -0.1) is 0 Å².